The van der Waals surface area contributed by atoms with E-state index in [4.69, 9.17) is 4.74 Å². The number of aryl methyl sites for hydroxylation is 1. The fourth-order valence-corrected chi connectivity index (χ4v) is 1.71. The van der Waals surface area contributed by atoms with Crippen molar-refractivity contribution in [3.63, 3.8) is 0 Å². The first-order chi connectivity index (χ1) is 7.65. The summed E-state index contributed by atoms with van der Waals surface area (Å²) in [4.78, 5) is 11.5. The molecule has 1 aromatic carbocycles. The fraction of sp³-hybridized carbons (Fsp3) is 0.500. The average molecular weight is 236 g/mol. The second-order valence-corrected chi connectivity index (χ2v) is 5.42. The Morgan fingerprint density at radius 1 is 1.12 bits per heavy atom. The number of carboxylic acid groups (broad SMARTS) is 1. The molecule has 1 atom stereocenters. The number of benzene rings is 1. The van der Waals surface area contributed by atoms with Crippen molar-refractivity contribution in [2.75, 3.05) is 0 Å². The normalized spacial score (nSPS) is 15.4. The maximum Gasteiger partial charge on any atom is 0.340 e. The number of hydrogen-bond donors (Lipinski definition) is 1. The lowest BCUT2D eigenvalue weighted by atomic mass is 9.94. The van der Waals surface area contributed by atoms with Gasteiger partial charge in [-0.1, -0.05) is 29.8 Å². The van der Waals surface area contributed by atoms with Crippen molar-refractivity contribution in [2.45, 2.75) is 45.8 Å². The highest BCUT2D eigenvalue weighted by molar-refractivity contribution is 5.79. The van der Waals surface area contributed by atoms with E-state index in [1.54, 1.807) is 19.1 Å². The summed E-state index contributed by atoms with van der Waals surface area (Å²) in [5, 5.41) is 9.39. The molecule has 1 unspecified atom stereocenters. The predicted octanol–water partition coefficient (Wildman–Crippen LogP) is 3.11. The summed E-state index contributed by atoms with van der Waals surface area (Å²) in [7, 11) is 0. The molecule has 3 heteroatoms. The molecule has 94 valence electrons. The molecular formula is C14H20O3. The molecule has 17 heavy (non-hydrogen) atoms. The van der Waals surface area contributed by atoms with Crippen molar-refractivity contribution < 1.29 is 14.6 Å². The standard InChI is InChI=1S/C14H20O3/c1-10-6-8-11(9-7-10)14(5,12(15)16)17-13(2,3)4/h6-9H,1-5H3,(H,15,16). The average Bonchev–Trinajstić information content (AvgIpc) is 2.15. The summed E-state index contributed by atoms with van der Waals surface area (Å²) in [5.41, 5.74) is -0.0768. The Bertz CT molecular complexity index is 400. The Kier molecular flexibility index (Phi) is 3.62. The van der Waals surface area contributed by atoms with E-state index in [1.807, 2.05) is 39.8 Å². The number of rotatable bonds is 3. The number of ether oxygens (including phenoxy) is 1. The van der Waals surface area contributed by atoms with Gasteiger partial charge in [0.2, 0.25) is 0 Å². The van der Waals surface area contributed by atoms with Crippen LogP contribution in [0.25, 0.3) is 0 Å². The zero-order chi connectivity index (χ0) is 13.3. The van der Waals surface area contributed by atoms with E-state index in [2.05, 4.69) is 0 Å². The molecule has 0 spiro atoms. The Labute approximate surface area is 102 Å². The molecule has 0 saturated heterocycles. The molecule has 0 aliphatic heterocycles. The minimum absolute atomic E-state index is 0.516. The summed E-state index contributed by atoms with van der Waals surface area (Å²) in [6.45, 7) is 9.10. The molecule has 0 aliphatic carbocycles. The number of carboxylic acids is 1. The molecule has 0 aromatic heterocycles. The third-order valence-electron chi connectivity index (χ3n) is 2.52. The van der Waals surface area contributed by atoms with Gasteiger partial charge < -0.3 is 9.84 Å². The van der Waals surface area contributed by atoms with Gasteiger partial charge in [0.1, 0.15) is 0 Å². The Hall–Kier alpha value is -1.35. The highest BCUT2D eigenvalue weighted by atomic mass is 16.5. The lowest BCUT2D eigenvalue weighted by molar-refractivity contribution is -0.183. The van der Waals surface area contributed by atoms with Crippen LogP contribution in [0.15, 0.2) is 24.3 Å². The van der Waals surface area contributed by atoms with Crippen molar-refractivity contribution in [2.24, 2.45) is 0 Å². The molecule has 0 bridgehead atoms. The van der Waals surface area contributed by atoms with Crippen LogP contribution in [0.3, 0.4) is 0 Å². The van der Waals surface area contributed by atoms with Crippen LogP contribution in [-0.4, -0.2) is 16.7 Å². The third-order valence-corrected chi connectivity index (χ3v) is 2.52. The first kappa shape index (κ1) is 13.7. The smallest absolute Gasteiger partial charge is 0.340 e. The van der Waals surface area contributed by atoms with Crippen molar-refractivity contribution in [3.05, 3.63) is 35.4 Å². The van der Waals surface area contributed by atoms with Gasteiger partial charge in [-0.15, -0.1) is 0 Å². The molecule has 0 aliphatic rings. The number of aliphatic carboxylic acids is 1. The van der Waals surface area contributed by atoms with Gasteiger partial charge in [0.05, 0.1) is 5.60 Å². The van der Waals surface area contributed by atoms with Gasteiger partial charge >= 0.3 is 5.97 Å². The highest BCUT2D eigenvalue weighted by Gasteiger charge is 2.39. The molecule has 0 radical (unpaired) electrons. The van der Waals surface area contributed by atoms with E-state index in [-0.39, 0.29) is 0 Å². The van der Waals surface area contributed by atoms with Gasteiger partial charge in [-0.05, 0) is 40.2 Å². The quantitative estimate of drug-likeness (QED) is 0.877. The lowest BCUT2D eigenvalue weighted by Gasteiger charge is -2.33. The van der Waals surface area contributed by atoms with Gasteiger partial charge in [-0.2, -0.15) is 0 Å². The molecule has 0 saturated carbocycles. The fourth-order valence-electron chi connectivity index (χ4n) is 1.71. The van der Waals surface area contributed by atoms with Crippen LogP contribution < -0.4 is 0 Å². The van der Waals surface area contributed by atoms with E-state index in [1.165, 1.54) is 0 Å². The lowest BCUT2D eigenvalue weighted by Crippen LogP contribution is -2.41. The SMILES string of the molecule is Cc1ccc(C(C)(OC(C)(C)C)C(=O)O)cc1. The first-order valence-corrected chi connectivity index (χ1v) is 5.66. The third kappa shape index (κ3) is 3.30. The van der Waals surface area contributed by atoms with Crippen LogP contribution in [0.4, 0.5) is 0 Å². The Morgan fingerprint density at radius 2 is 1.59 bits per heavy atom. The molecule has 1 rings (SSSR count). The van der Waals surface area contributed by atoms with E-state index in [0.717, 1.165) is 5.56 Å². The van der Waals surface area contributed by atoms with Crippen LogP contribution in [-0.2, 0) is 15.1 Å². The summed E-state index contributed by atoms with van der Waals surface area (Å²) in [6.07, 6.45) is 0. The highest BCUT2D eigenvalue weighted by Crippen LogP contribution is 2.31. The van der Waals surface area contributed by atoms with Gasteiger partial charge in [-0.3, -0.25) is 0 Å². The second-order valence-electron chi connectivity index (χ2n) is 5.42. The van der Waals surface area contributed by atoms with E-state index in [0.29, 0.717) is 5.56 Å². The molecule has 3 nitrogen and oxygen atoms in total. The first-order valence-electron chi connectivity index (χ1n) is 5.66. The van der Waals surface area contributed by atoms with E-state index in [9.17, 15) is 9.90 Å². The summed E-state index contributed by atoms with van der Waals surface area (Å²) >= 11 is 0. The molecule has 0 amide bonds. The van der Waals surface area contributed by atoms with Crippen molar-refractivity contribution in [3.8, 4) is 0 Å². The maximum absolute atomic E-state index is 11.5. The van der Waals surface area contributed by atoms with Gasteiger partial charge in [0.15, 0.2) is 5.60 Å². The predicted molar refractivity (Wildman–Crippen MR) is 67.0 cm³/mol. The second kappa shape index (κ2) is 4.49. The Morgan fingerprint density at radius 3 is 1.94 bits per heavy atom. The van der Waals surface area contributed by atoms with Crippen LogP contribution in [0.2, 0.25) is 0 Å². The molecule has 0 fully saturated rings. The minimum Gasteiger partial charge on any atom is -0.479 e. The maximum atomic E-state index is 11.5. The minimum atomic E-state index is -1.31. The molecule has 1 aromatic rings. The summed E-state index contributed by atoms with van der Waals surface area (Å²) in [5.74, 6) is -0.976. The summed E-state index contributed by atoms with van der Waals surface area (Å²) in [6, 6.07) is 7.38. The van der Waals surface area contributed by atoms with Gasteiger partial charge in [0.25, 0.3) is 0 Å². The Balaban J connectivity index is 3.16. The zero-order valence-corrected chi connectivity index (χ0v) is 11.1. The van der Waals surface area contributed by atoms with Crippen LogP contribution >= 0.6 is 0 Å². The number of carbonyl (C=O) groups is 1. The van der Waals surface area contributed by atoms with Crippen LogP contribution in [0, 0.1) is 6.92 Å². The topological polar surface area (TPSA) is 46.5 Å². The van der Waals surface area contributed by atoms with Gasteiger partial charge in [0, 0.05) is 0 Å². The van der Waals surface area contributed by atoms with Crippen LogP contribution in [0.5, 0.6) is 0 Å². The monoisotopic (exact) mass is 236 g/mol. The van der Waals surface area contributed by atoms with Crippen molar-refractivity contribution in [1.29, 1.82) is 0 Å². The largest absolute Gasteiger partial charge is 0.479 e. The van der Waals surface area contributed by atoms with Crippen molar-refractivity contribution >= 4 is 5.97 Å². The molecular weight excluding hydrogens is 216 g/mol. The van der Waals surface area contributed by atoms with Gasteiger partial charge in [-0.25, -0.2) is 4.79 Å². The van der Waals surface area contributed by atoms with E-state index >= 15 is 0 Å². The molecule has 1 N–H and O–H groups in total. The molecule has 0 heterocycles. The van der Waals surface area contributed by atoms with Crippen LogP contribution in [0.1, 0.15) is 38.8 Å². The van der Waals surface area contributed by atoms with E-state index < -0.39 is 17.2 Å². The zero-order valence-electron chi connectivity index (χ0n) is 11.1. The van der Waals surface area contributed by atoms with Crippen molar-refractivity contribution in [1.82, 2.24) is 0 Å². The number of hydrogen-bond acceptors (Lipinski definition) is 2. The summed E-state index contributed by atoms with van der Waals surface area (Å²) < 4.78 is 5.71.